The maximum atomic E-state index is 13.9. The van der Waals surface area contributed by atoms with E-state index in [1.807, 2.05) is 32.0 Å². The van der Waals surface area contributed by atoms with Gasteiger partial charge in [-0.2, -0.15) is 5.26 Å². The normalized spacial score (nSPS) is 11.8. The zero-order valence-electron chi connectivity index (χ0n) is 20.3. The summed E-state index contributed by atoms with van der Waals surface area (Å²) in [5, 5.41) is 20.0. The van der Waals surface area contributed by atoms with Gasteiger partial charge in [-0.05, 0) is 66.9 Å². The highest BCUT2D eigenvalue weighted by Crippen LogP contribution is 2.33. The molecule has 8 heteroatoms. The van der Waals surface area contributed by atoms with Gasteiger partial charge in [-0.1, -0.05) is 24.6 Å². The molecule has 0 aliphatic carbocycles. The summed E-state index contributed by atoms with van der Waals surface area (Å²) < 4.78 is 0. The molecule has 36 heavy (non-hydrogen) atoms. The molecule has 3 N–H and O–H groups in total. The molecule has 0 aliphatic heterocycles. The zero-order chi connectivity index (χ0) is 26.0. The maximum Gasteiger partial charge on any atom is 0.256 e. The van der Waals surface area contributed by atoms with Crippen molar-refractivity contribution in [2.45, 2.75) is 26.3 Å². The summed E-state index contributed by atoms with van der Waals surface area (Å²) in [4.78, 5) is 24.8. The van der Waals surface area contributed by atoms with Gasteiger partial charge in [-0.3, -0.25) is 9.78 Å². The van der Waals surface area contributed by atoms with Crippen molar-refractivity contribution < 1.29 is 9.90 Å². The molecule has 0 saturated heterocycles. The first-order chi connectivity index (χ1) is 17.2. The number of aryl methyl sites for hydroxylation is 1. The number of phenolic OH excluding ortho intramolecular Hbond substituents is 1. The molecule has 0 saturated carbocycles. The van der Waals surface area contributed by atoms with E-state index in [0.717, 1.165) is 17.5 Å². The van der Waals surface area contributed by atoms with Crippen LogP contribution in [0.3, 0.4) is 0 Å². The number of nitrogens with two attached hydrogens (primary N) is 1. The second kappa shape index (κ2) is 10.3. The van der Waals surface area contributed by atoms with Crippen LogP contribution in [-0.4, -0.2) is 45.5 Å². The van der Waals surface area contributed by atoms with Gasteiger partial charge in [-0.15, -0.1) is 0 Å². The number of likely N-dealkylation sites (N-methyl/N-ethyl adjacent to an activating group) is 1. The van der Waals surface area contributed by atoms with Crippen molar-refractivity contribution in [1.82, 2.24) is 14.9 Å². The van der Waals surface area contributed by atoms with Crippen LogP contribution in [0.1, 0.15) is 34.8 Å². The fourth-order valence-corrected chi connectivity index (χ4v) is 4.42. The molecule has 0 fully saturated rings. The van der Waals surface area contributed by atoms with E-state index in [4.69, 9.17) is 22.3 Å². The Morgan fingerprint density at radius 1 is 1.19 bits per heavy atom. The first kappa shape index (κ1) is 25.1. The molecule has 4 aromatic rings. The molecule has 1 atom stereocenters. The van der Waals surface area contributed by atoms with Crippen molar-refractivity contribution in [3.8, 4) is 34.2 Å². The van der Waals surface area contributed by atoms with Crippen molar-refractivity contribution in [3.63, 3.8) is 0 Å². The summed E-state index contributed by atoms with van der Waals surface area (Å²) in [5.41, 5.74) is 11.1. The monoisotopic (exact) mass is 499 g/mol. The molecule has 0 bridgehead atoms. The van der Waals surface area contributed by atoms with E-state index in [1.165, 1.54) is 12.1 Å². The Balaban J connectivity index is 1.98. The lowest BCUT2D eigenvalue weighted by Gasteiger charge is -2.23. The van der Waals surface area contributed by atoms with Crippen molar-refractivity contribution in [2.24, 2.45) is 5.73 Å². The third-order valence-electron chi connectivity index (χ3n) is 6.00. The molecule has 2 heterocycles. The summed E-state index contributed by atoms with van der Waals surface area (Å²) in [6.07, 6.45) is 2.40. The van der Waals surface area contributed by atoms with E-state index in [-0.39, 0.29) is 17.7 Å². The van der Waals surface area contributed by atoms with Crippen molar-refractivity contribution in [2.75, 3.05) is 13.6 Å². The minimum absolute atomic E-state index is 0.0446. The second-order valence-corrected chi connectivity index (χ2v) is 9.30. The topological polar surface area (TPSA) is 116 Å². The highest BCUT2D eigenvalue weighted by atomic mass is 35.5. The van der Waals surface area contributed by atoms with Gasteiger partial charge in [0.1, 0.15) is 11.3 Å². The zero-order valence-corrected chi connectivity index (χ0v) is 21.0. The van der Waals surface area contributed by atoms with Crippen LogP contribution in [0.15, 0.2) is 54.7 Å². The standard InChI is InChI=1S/C28H26ClN5O2/c1-4-21(31)15-34(3)28(36)26-23(18-7-16(2)8-20(29)11-18)14-32-25-6-5-24(33-27(25)26)19-9-17(13-30)10-22(35)12-19/h5-12,14,21,35H,4,15,31H2,1-3H3/t21-/m0/s1. The number of hydrogen-bond donors (Lipinski definition) is 2. The Kier molecular flexibility index (Phi) is 7.20. The largest absolute Gasteiger partial charge is 0.508 e. The van der Waals surface area contributed by atoms with E-state index in [9.17, 15) is 15.2 Å². The molecule has 0 aliphatic rings. The molecule has 4 rings (SSSR count). The Morgan fingerprint density at radius 3 is 2.67 bits per heavy atom. The number of nitriles is 1. The molecule has 2 aromatic carbocycles. The van der Waals surface area contributed by atoms with Crippen LogP contribution in [0.4, 0.5) is 0 Å². The van der Waals surface area contributed by atoms with Gasteiger partial charge < -0.3 is 15.7 Å². The van der Waals surface area contributed by atoms with Gasteiger partial charge in [-0.25, -0.2) is 4.98 Å². The van der Waals surface area contributed by atoms with Gasteiger partial charge in [0.2, 0.25) is 0 Å². The Morgan fingerprint density at radius 2 is 1.97 bits per heavy atom. The van der Waals surface area contributed by atoms with E-state index in [1.54, 1.807) is 42.4 Å². The average molecular weight is 500 g/mol. The molecule has 182 valence electrons. The first-order valence-corrected chi connectivity index (χ1v) is 11.9. The molecular weight excluding hydrogens is 474 g/mol. The second-order valence-electron chi connectivity index (χ2n) is 8.86. The van der Waals surface area contributed by atoms with Gasteiger partial charge in [0.25, 0.3) is 5.91 Å². The number of rotatable bonds is 6. The summed E-state index contributed by atoms with van der Waals surface area (Å²) in [7, 11) is 1.72. The molecule has 0 spiro atoms. The number of pyridine rings is 2. The first-order valence-electron chi connectivity index (χ1n) is 11.5. The highest BCUT2D eigenvalue weighted by molar-refractivity contribution is 6.31. The molecule has 7 nitrogen and oxygen atoms in total. The van der Waals surface area contributed by atoms with E-state index < -0.39 is 0 Å². The Labute approximate surface area is 214 Å². The number of carbonyl (C=O) groups excluding carboxylic acids is 1. The lowest BCUT2D eigenvalue weighted by atomic mass is 9.97. The van der Waals surface area contributed by atoms with Gasteiger partial charge in [0.05, 0.1) is 28.4 Å². The van der Waals surface area contributed by atoms with Crippen LogP contribution in [-0.2, 0) is 0 Å². The lowest BCUT2D eigenvalue weighted by Crippen LogP contribution is -2.38. The minimum atomic E-state index is -0.239. The van der Waals surface area contributed by atoms with Crippen molar-refractivity contribution in [3.05, 3.63) is 76.4 Å². The quantitative estimate of drug-likeness (QED) is 0.371. The summed E-state index contributed by atoms with van der Waals surface area (Å²) in [5.74, 6) is -0.283. The predicted molar refractivity (Wildman–Crippen MR) is 142 cm³/mol. The number of phenols is 1. The number of aromatic hydroxyl groups is 1. The molecule has 0 unspecified atom stereocenters. The van der Waals surface area contributed by atoms with Crippen LogP contribution >= 0.6 is 11.6 Å². The van der Waals surface area contributed by atoms with Crippen LogP contribution in [0.25, 0.3) is 33.4 Å². The number of benzene rings is 2. The van der Waals surface area contributed by atoms with E-state index in [0.29, 0.717) is 50.5 Å². The SMILES string of the molecule is CC[C@H](N)CN(C)C(=O)c1c(-c2cc(C)cc(Cl)c2)cnc2ccc(-c3cc(O)cc(C#N)c3)nc12. The average Bonchev–Trinajstić information content (AvgIpc) is 2.86. The van der Waals surface area contributed by atoms with E-state index in [2.05, 4.69) is 4.98 Å². The van der Waals surface area contributed by atoms with Crippen molar-refractivity contribution >= 4 is 28.5 Å². The van der Waals surface area contributed by atoms with Gasteiger partial charge in [0.15, 0.2) is 0 Å². The third kappa shape index (κ3) is 5.15. The number of carbonyl (C=O) groups is 1. The Bertz CT molecular complexity index is 1490. The smallest absolute Gasteiger partial charge is 0.256 e. The number of aromatic nitrogens is 2. The lowest BCUT2D eigenvalue weighted by molar-refractivity contribution is 0.0788. The van der Waals surface area contributed by atoms with Gasteiger partial charge in [0, 0.05) is 42.0 Å². The highest BCUT2D eigenvalue weighted by Gasteiger charge is 2.24. The summed E-state index contributed by atoms with van der Waals surface area (Å²) in [6.45, 7) is 4.29. The maximum absolute atomic E-state index is 13.9. The van der Waals surface area contributed by atoms with Gasteiger partial charge >= 0.3 is 0 Å². The minimum Gasteiger partial charge on any atom is -0.508 e. The summed E-state index contributed by atoms with van der Waals surface area (Å²) >= 11 is 6.35. The number of amides is 1. The van der Waals surface area contributed by atoms with Crippen LogP contribution < -0.4 is 5.73 Å². The summed E-state index contributed by atoms with van der Waals surface area (Å²) in [6, 6.07) is 15.5. The molecular formula is C28H26ClN5O2. The predicted octanol–water partition coefficient (Wildman–Crippen LogP) is 5.31. The molecule has 1 amide bonds. The fourth-order valence-electron chi connectivity index (χ4n) is 4.13. The molecule has 0 radical (unpaired) electrons. The van der Waals surface area contributed by atoms with E-state index >= 15 is 0 Å². The number of halogens is 1. The van der Waals surface area contributed by atoms with Crippen LogP contribution in [0.5, 0.6) is 5.75 Å². The third-order valence-corrected chi connectivity index (χ3v) is 6.22. The number of fused-ring (bicyclic) bond motifs is 1. The van der Waals surface area contributed by atoms with Crippen LogP contribution in [0, 0.1) is 18.3 Å². The van der Waals surface area contributed by atoms with Crippen molar-refractivity contribution in [1.29, 1.82) is 5.26 Å². The number of hydrogen-bond acceptors (Lipinski definition) is 6. The molecule has 2 aromatic heterocycles. The van der Waals surface area contributed by atoms with Crippen LogP contribution in [0.2, 0.25) is 5.02 Å². The fraction of sp³-hybridized carbons (Fsp3) is 0.214. The Hall–Kier alpha value is -3.99. The number of nitrogens with zero attached hydrogens (tertiary/aromatic N) is 4.